The Morgan fingerprint density at radius 2 is 0.742 bits per heavy atom. The third kappa shape index (κ3) is 4.12. The van der Waals surface area contributed by atoms with Gasteiger partial charge >= 0.3 is 0 Å². The van der Waals surface area contributed by atoms with E-state index in [4.69, 9.17) is 4.74 Å². The van der Waals surface area contributed by atoms with Crippen LogP contribution in [0.3, 0.4) is 0 Å². The van der Waals surface area contributed by atoms with Gasteiger partial charge in [-0.2, -0.15) is 0 Å². The number of rotatable bonds is 5. The molecule has 1 heteroatoms. The van der Waals surface area contributed by atoms with Crippen molar-refractivity contribution in [1.82, 2.24) is 0 Å². The number of hydrogen-bond acceptors (Lipinski definition) is 1. The van der Waals surface area contributed by atoms with Gasteiger partial charge in [0.25, 0.3) is 0 Å². The van der Waals surface area contributed by atoms with Crippen LogP contribution in [-0.4, -0.2) is 0 Å². The maximum atomic E-state index is 6.54. The normalized spacial score (nSPS) is 10.6. The molecule has 0 bridgehead atoms. The van der Waals surface area contributed by atoms with Crippen LogP contribution in [-0.2, 0) is 0 Å². The Hall–Kier alpha value is -4.10. The average molecular weight is 399 g/mol. The predicted molar refractivity (Wildman–Crippen MR) is 129 cm³/mol. The Morgan fingerprint density at radius 3 is 1.19 bits per heavy atom. The molecule has 0 aromatic heterocycles. The van der Waals surface area contributed by atoms with E-state index in [-0.39, 0.29) is 0 Å². The summed E-state index contributed by atoms with van der Waals surface area (Å²) < 4.78 is 6.54. The summed E-state index contributed by atoms with van der Waals surface area (Å²) in [5, 5.41) is 0. The summed E-state index contributed by atoms with van der Waals surface area (Å²) in [6.07, 6.45) is 0. The van der Waals surface area contributed by atoms with E-state index >= 15 is 0 Å². The lowest BCUT2D eigenvalue weighted by Crippen LogP contribution is -1.94. The van der Waals surface area contributed by atoms with Gasteiger partial charge in [-0.25, -0.2) is 0 Å². The van der Waals surface area contributed by atoms with Gasteiger partial charge in [-0.05, 0) is 46.5 Å². The number of para-hydroxylation sites is 1. The first-order valence-electron chi connectivity index (χ1n) is 10.5. The Balaban J connectivity index is 1.79. The number of benzene rings is 5. The van der Waals surface area contributed by atoms with Crippen molar-refractivity contribution in [3.8, 4) is 44.9 Å². The van der Waals surface area contributed by atoms with Crippen molar-refractivity contribution < 1.29 is 4.74 Å². The van der Waals surface area contributed by atoms with Gasteiger partial charge in [0, 0.05) is 11.1 Å². The second kappa shape index (κ2) is 8.73. The van der Waals surface area contributed by atoms with Crippen molar-refractivity contribution in [1.29, 1.82) is 0 Å². The molecule has 0 aliphatic heterocycles. The molecule has 0 heterocycles. The average Bonchev–Trinajstić information content (AvgIpc) is 2.86. The second-order valence-corrected chi connectivity index (χ2v) is 7.41. The molecule has 0 amide bonds. The summed E-state index contributed by atoms with van der Waals surface area (Å²) in [7, 11) is 0. The van der Waals surface area contributed by atoms with Crippen molar-refractivity contribution in [2.24, 2.45) is 0 Å². The van der Waals surface area contributed by atoms with Crippen molar-refractivity contribution in [3.63, 3.8) is 0 Å². The van der Waals surface area contributed by atoms with Gasteiger partial charge in [0.2, 0.25) is 0 Å². The minimum Gasteiger partial charge on any atom is -0.456 e. The minimum absolute atomic E-state index is 0.823. The zero-order chi connectivity index (χ0) is 20.9. The molecule has 1 nitrogen and oxygen atoms in total. The monoisotopic (exact) mass is 398 g/mol. The van der Waals surface area contributed by atoms with Gasteiger partial charge in [0.05, 0.1) is 0 Å². The fraction of sp³-hybridized carbons (Fsp3) is 0. The van der Waals surface area contributed by atoms with Crippen LogP contribution in [0.4, 0.5) is 0 Å². The van der Waals surface area contributed by atoms with Crippen LogP contribution in [0.1, 0.15) is 0 Å². The standard InChI is InChI=1S/C30H22O/c1-5-13-23(14-6-1)26-21-28(24-15-7-2-8-16-24)30(31-27-19-11-4-12-20-27)29(22-26)25-17-9-3-10-18-25/h1-22H. The maximum Gasteiger partial charge on any atom is 0.143 e. The quantitative estimate of drug-likeness (QED) is 0.288. The van der Waals surface area contributed by atoms with E-state index in [1.165, 1.54) is 11.1 Å². The molecule has 5 rings (SSSR count). The van der Waals surface area contributed by atoms with Crippen LogP contribution in [0.5, 0.6) is 11.5 Å². The van der Waals surface area contributed by atoms with Crippen LogP contribution in [0, 0.1) is 0 Å². The highest BCUT2D eigenvalue weighted by molar-refractivity contribution is 5.88. The summed E-state index contributed by atoms with van der Waals surface area (Å²) in [6, 6.07) is 45.9. The lowest BCUT2D eigenvalue weighted by molar-refractivity contribution is 0.486. The summed E-state index contributed by atoms with van der Waals surface area (Å²) in [4.78, 5) is 0. The van der Waals surface area contributed by atoms with E-state index in [1.54, 1.807) is 0 Å². The fourth-order valence-electron chi connectivity index (χ4n) is 3.81. The van der Waals surface area contributed by atoms with Crippen molar-refractivity contribution >= 4 is 0 Å². The molecule has 148 valence electrons. The third-order valence-corrected chi connectivity index (χ3v) is 5.33. The van der Waals surface area contributed by atoms with Gasteiger partial charge in [0.15, 0.2) is 0 Å². The van der Waals surface area contributed by atoms with Gasteiger partial charge < -0.3 is 4.74 Å². The van der Waals surface area contributed by atoms with Gasteiger partial charge in [0.1, 0.15) is 11.5 Å². The molecule has 0 radical (unpaired) electrons. The van der Waals surface area contributed by atoms with Gasteiger partial charge in [-0.1, -0.05) is 109 Å². The van der Waals surface area contributed by atoms with E-state index in [0.717, 1.165) is 33.8 Å². The summed E-state index contributed by atoms with van der Waals surface area (Å²) in [6.45, 7) is 0. The molecule has 0 fully saturated rings. The molecule has 0 unspecified atom stereocenters. The largest absolute Gasteiger partial charge is 0.456 e. The second-order valence-electron chi connectivity index (χ2n) is 7.41. The smallest absolute Gasteiger partial charge is 0.143 e. The number of hydrogen-bond donors (Lipinski definition) is 0. The Kier molecular flexibility index (Phi) is 5.32. The number of ether oxygens (including phenoxy) is 1. The molecule has 0 saturated heterocycles. The highest BCUT2D eigenvalue weighted by Crippen LogP contribution is 2.44. The molecule has 0 aliphatic carbocycles. The highest BCUT2D eigenvalue weighted by atomic mass is 16.5. The predicted octanol–water partition coefficient (Wildman–Crippen LogP) is 8.48. The fourth-order valence-corrected chi connectivity index (χ4v) is 3.81. The molecule has 0 saturated carbocycles. The third-order valence-electron chi connectivity index (χ3n) is 5.33. The molecule has 5 aromatic carbocycles. The molecule has 5 aromatic rings. The molecule has 31 heavy (non-hydrogen) atoms. The molecular weight excluding hydrogens is 376 g/mol. The molecule has 0 aliphatic rings. The van der Waals surface area contributed by atoms with Crippen LogP contribution < -0.4 is 4.74 Å². The Bertz CT molecular complexity index is 1200. The van der Waals surface area contributed by atoms with Crippen molar-refractivity contribution in [3.05, 3.63) is 133 Å². The van der Waals surface area contributed by atoms with Crippen LogP contribution >= 0.6 is 0 Å². The van der Waals surface area contributed by atoms with Crippen LogP contribution in [0.25, 0.3) is 33.4 Å². The SMILES string of the molecule is c1ccc(Oc2c(-c3ccccc3)cc(-c3ccccc3)cc2-c2ccccc2)cc1. The summed E-state index contributed by atoms with van der Waals surface area (Å²) >= 11 is 0. The molecule has 0 atom stereocenters. The van der Waals surface area contributed by atoms with Gasteiger partial charge in [-0.15, -0.1) is 0 Å². The Morgan fingerprint density at radius 1 is 0.355 bits per heavy atom. The lowest BCUT2D eigenvalue weighted by atomic mass is 9.92. The van der Waals surface area contributed by atoms with E-state index in [9.17, 15) is 0 Å². The summed E-state index contributed by atoms with van der Waals surface area (Å²) in [5.41, 5.74) is 6.75. The topological polar surface area (TPSA) is 9.23 Å². The first-order valence-corrected chi connectivity index (χ1v) is 10.5. The van der Waals surface area contributed by atoms with E-state index < -0.39 is 0 Å². The van der Waals surface area contributed by atoms with E-state index in [2.05, 4.69) is 84.9 Å². The lowest BCUT2D eigenvalue weighted by Gasteiger charge is -2.19. The Labute approximate surface area is 183 Å². The minimum atomic E-state index is 0.823. The van der Waals surface area contributed by atoms with E-state index in [0.29, 0.717) is 0 Å². The highest BCUT2D eigenvalue weighted by Gasteiger charge is 2.17. The van der Waals surface area contributed by atoms with Crippen LogP contribution in [0.15, 0.2) is 133 Å². The van der Waals surface area contributed by atoms with Crippen LogP contribution in [0.2, 0.25) is 0 Å². The maximum absolute atomic E-state index is 6.54. The van der Waals surface area contributed by atoms with Gasteiger partial charge in [-0.3, -0.25) is 0 Å². The molecule has 0 N–H and O–H groups in total. The van der Waals surface area contributed by atoms with Crippen molar-refractivity contribution in [2.75, 3.05) is 0 Å². The van der Waals surface area contributed by atoms with E-state index in [1.807, 2.05) is 48.5 Å². The van der Waals surface area contributed by atoms with Crippen molar-refractivity contribution in [2.45, 2.75) is 0 Å². The summed E-state index contributed by atoms with van der Waals surface area (Å²) in [5.74, 6) is 1.69. The zero-order valence-corrected chi connectivity index (χ0v) is 17.1. The molecular formula is C30H22O. The first-order chi connectivity index (χ1) is 15.4. The zero-order valence-electron chi connectivity index (χ0n) is 17.1. The first kappa shape index (κ1) is 18.9. The molecule has 0 spiro atoms.